The lowest BCUT2D eigenvalue weighted by molar-refractivity contribution is -0.140. The van der Waals surface area contributed by atoms with Crippen molar-refractivity contribution in [2.75, 3.05) is 24.2 Å². The van der Waals surface area contributed by atoms with Crippen molar-refractivity contribution in [3.63, 3.8) is 0 Å². The number of carbonyl (C=O) groups is 1. The van der Waals surface area contributed by atoms with E-state index in [9.17, 15) is 4.79 Å². The van der Waals surface area contributed by atoms with Crippen molar-refractivity contribution in [2.24, 2.45) is 0 Å². The molecule has 1 aliphatic heterocycles. The second-order valence-electron chi connectivity index (χ2n) is 6.64. The highest BCUT2D eigenvalue weighted by Crippen LogP contribution is 2.28. The largest absolute Gasteiger partial charge is 0.372 e. The minimum atomic E-state index is 0.0861. The Bertz CT molecular complexity index is 770. The Hall–Kier alpha value is -1.64. The van der Waals surface area contributed by atoms with Crippen molar-refractivity contribution < 1.29 is 9.53 Å². The smallest absolute Gasteiger partial charge is 0.233 e. The average molecular weight is 393 g/mol. The first-order valence-corrected chi connectivity index (χ1v) is 10.4. The molecular weight excluding hydrogens is 368 g/mol. The first-order chi connectivity index (χ1) is 12.4. The quantitative estimate of drug-likeness (QED) is 0.784. The van der Waals surface area contributed by atoms with Gasteiger partial charge in [0, 0.05) is 18.8 Å². The molecule has 1 aromatic heterocycles. The van der Waals surface area contributed by atoms with Crippen LogP contribution in [0.15, 0.2) is 22.5 Å². The zero-order valence-electron chi connectivity index (χ0n) is 15.5. The van der Waals surface area contributed by atoms with Gasteiger partial charge in [-0.25, -0.2) is 0 Å². The molecule has 2 heterocycles. The molecule has 26 heavy (non-hydrogen) atoms. The summed E-state index contributed by atoms with van der Waals surface area (Å²) in [5.41, 5.74) is 3.48. The molecule has 1 saturated heterocycles. The van der Waals surface area contributed by atoms with Crippen LogP contribution in [0.4, 0.5) is 10.8 Å². The minimum Gasteiger partial charge on any atom is -0.372 e. The van der Waals surface area contributed by atoms with Gasteiger partial charge in [0.05, 0.1) is 18.0 Å². The molecular formula is C18H24N4O2S2. The predicted molar refractivity (Wildman–Crippen MR) is 106 cm³/mol. The Labute approximate surface area is 162 Å². The van der Waals surface area contributed by atoms with Gasteiger partial charge in [-0.15, -0.1) is 10.2 Å². The molecule has 1 fully saturated rings. The van der Waals surface area contributed by atoms with Crippen LogP contribution in [0.5, 0.6) is 0 Å². The van der Waals surface area contributed by atoms with Crippen molar-refractivity contribution in [3.8, 4) is 0 Å². The molecule has 140 valence electrons. The van der Waals surface area contributed by atoms with Crippen LogP contribution in [0.3, 0.4) is 0 Å². The Morgan fingerprint density at radius 1 is 1.27 bits per heavy atom. The van der Waals surface area contributed by atoms with Crippen LogP contribution in [0.1, 0.15) is 25.0 Å². The number of aromatic nitrogens is 2. The Morgan fingerprint density at radius 2 is 2.00 bits per heavy atom. The number of benzene rings is 1. The number of thioether (sulfide) groups is 1. The topological polar surface area (TPSA) is 67.4 Å². The molecule has 0 saturated carbocycles. The predicted octanol–water partition coefficient (Wildman–Crippen LogP) is 3.63. The first-order valence-electron chi connectivity index (χ1n) is 8.64. The average Bonchev–Trinajstić information content (AvgIpc) is 3.02. The number of anilines is 2. The summed E-state index contributed by atoms with van der Waals surface area (Å²) in [5.74, 6) is 0.494. The van der Waals surface area contributed by atoms with Crippen molar-refractivity contribution in [2.45, 2.75) is 44.2 Å². The van der Waals surface area contributed by atoms with Gasteiger partial charge in [-0.1, -0.05) is 29.2 Å². The van der Waals surface area contributed by atoms with E-state index >= 15 is 0 Å². The van der Waals surface area contributed by atoms with Crippen molar-refractivity contribution in [1.29, 1.82) is 0 Å². The third-order valence-corrected chi connectivity index (χ3v) is 6.21. The van der Waals surface area contributed by atoms with E-state index in [0.29, 0.717) is 18.8 Å². The third-order valence-electron chi connectivity index (χ3n) is 4.26. The van der Waals surface area contributed by atoms with Gasteiger partial charge < -0.3 is 15.0 Å². The van der Waals surface area contributed by atoms with Gasteiger partial charge in [0.15, 0.2) is 4.34 Å². The summed E-state index contributed by atoms with van der Waals surface area (Å²) in [5, 5.41) is 12.4. The number of amides is 1. The minimum absolute atomic E-state index is 0.0861. The van der Waals surface area contributed by atoms with Gasteiger partial charge in [0.2, 0.25) is 11.0 Å². The van der Waals surface area contributed by atoms with E-state index in [0.717, 1.165) is 15.2 Å². The van der Waals surface area contributed by atoms with Crippen LogP contribution in [0.2, 0.25) is 0 Å². The molecule has 1 N–H and O–H groups in total. The first kappa shape index (κ1) is 19.1. The molecule has 6 nitrogen and oxygen atoms in total. The lowest BCUT2D eigenvalue weighted by Gasteiger charge is -2.35. The molecule has 2 unspecified atom stereocenters. The third kappa shape index (κ3) is 4.96. The SMILES string of the molecule is Cc1ccc(Nc2nnc(SCC(=O)N3CC(C)OC(C)C3)s2)cc1C. The van der Waals surface area contributed by atoms with E-state index in [1.807, 2.05) is 24.8 Å². The van der Waals surface area contributed by atoms with Crippen LogP contribution < -0.4 is 5.32 Å². The van der Waals surface area contributed by atoms with Gasteiger partial charge in [-0.05, 0) is 51.0 Å². The molecule has 0 bridgehead atoms. The van der Waals surface area contributed by atoms with E-state index < -0.39 is 0 Å². The summed E-state index contributed by atoms with van der Waals surface area (Å²) in [6, 6.07) is 6.20. The van der Waals surface area contributed by atoms with Crippen LogP contribution in [-0.2, 0) is 9.53 Å². The zero-order valence-corrected chi connectivity index (χ0v) is 17.1. The Kier molecular flexibility index (Phi) is 6.16. The molecule has 1 amide bonds. The zero-order chi connectivity index (χ0) is 18.7. The fourth-order valence-electron chi connectivity index (χ4n) is 2.86. The highest BCUT2D eigenvalue weighted by atomic mass is 32.2. The number of morpholine rings is 1. The number of carbonyl (C=O) groups excluding carboxylic acids is 1. The monoisotopic (exact) mass is 392 g/mol. The maximum Gasteiger partial charge on any atom is 0.233 e. The summed E-state index contributed by atoms with van der Waals surface area (Å²) in [6.45, 7) is 9.47. The fraction of sp³-hybridized carbons (Fsp3) is 0.500. The lowest BCUT2D eigenvalue weighted by Crippen LogP contribution is -2.48. The second-order valence-corrected chi connectivity index (χ2v) is 8.84. The van der Waals surface area contributed by atoms with Gasteiger partial charge in [0.1, 0.15) is 0 Å². The van der Waals surface area contributed by atoms with Gasteiger partial charge >= 0.3 is 0 Å². The number of rotatable bonds is 5. The number of aryl methyl sites for hydroxylation is 2. The molecule has 0 spiro atoms. The maximum absolute atomic E-state index is 12.4. The number of ether oxygens (including phenoxy) is 1. The summed E-state index contributed by atoms with van der Waals surface area (Å²) in [4.78, 5) is 14.3. The molecule has 0 aliphatic carbocycles. The molecule has 1 aliphatic rings. The van der Waals surface area contributed by atoms with E-state index in [-0.39, 0.29) is 18.1 Å². The van der Waals surface area contributed by atoms with E-state index in [1.165, 1.54) is 34.2 Å². The number of hydrogen-bond donors (Lipinski definition) is 1. The Balaban J connectivity index is 1.53. The highest BCUT2D eigenvalue weighted by Gasteiger charge is 2.25. The Morgan fingerprint density at radius 3 is 2.69 bits per heavy atom. The molecule has 8 heteroatoms. The van der Waals surface area contributed by atoms with Gasteiger partial charge in [-0.3, -0.25) is 4.79 Å². The fourth-order valence-corrected chi connectivity index (χ4v) is 4.53. The molecule has 0 radical (unpaired) electrons. The summed E-state index contributed by atoms with van der Waals surface area (Å²) < 4.78 is 6.47. The number of nitrogens with zero attached hydrogens (tertiary/aromatic N) is 3. The van der Waals surface area contributed by atoms with E-state index in [1.54, 1.807) is 0 Å². The second kappa shape index (κ2) is 8.37. The van der Waals surface area contributed by atoms with E-state index in [2.05, 4.69) is 41.5 Å². The standard InChI is InChI=1S/C18H24N4O2S2/c1-11-5-6-15(7-12(11)2)19-17-20-21-18(26-17)25-10-16(23)22-8-13(3)24-14(4)9-22/h5-7,13-14H,8-10H2,1-4H3,(H,19,20). The van der Waals surface area contributed by atoms with Gasteiger partial charge in [0.25, 0.3) is 0 Å². The summed E-state index contributed by atoms with van der Waals surface area (Å²) >= 11 is 2.90. The molecule has 1 aromatic carbocycles. The van der Waals surface area contributed by atoms with E-state index in [4.69, 9.17) is 4.74 Å². The number of nitrogens with one attached hydrogen (secondary N) is 1. The molecule has 2 aromatic rings. The van der Waals surface area contributed by atoms with Crippen LogP contribution in [-0.4, -0.2) is 52.1 Å². The normalized spacial score (nSPS) is 20.2. The summed E-state index contributed by atoms with van der Waals surface area (Å²) in [7, 11) is 0. The van der Waals surface area contributed by atoms with Crippen molar-refractivity contribution in [3.05, 3.63) is 29.3 Å². The maximum atomic E-state index is 12.4. The van der Waals surface area contributed by atoms with Crippen molar-refractivity contribution in [1.82, 2.24) is 15.1 Å². The molecule has 3 rings (SSSR count). The van der Waals surface area contributed by atoms with Crippen LogP contribution in [0.25, 0.3) is 0 Å². The van der Waals surface area contributed by atoms with Crippen LogP contribution >= 0.6 is 23.1 Å². The van der Waals surface area contributed by atoms with Crippen molar-refractivity contribution >= 4 is 39.8 Å². The lowest BCUT2D eigenvalue weighted by atomic mass is 10.1. The molecule has 2 atom stereocenters. The van der Waals surface area contributed by atoms with Gasteiger partial charge in [-0.2, -0.15) is 0 Å². The van der Waals surface area contributed by atoms with Crippen LogP contribution in [0, 0.1) is 13.8 Å². The summed E-state index contributed by atoms with van der Waals surface area (Å²) in [6.07, 6.45) is 0.172. The number of hydrogen-bond acceptors (Lipinski definition) is 7. The highest BCUT2D eigenvalue weighted by molar-refractivity contribution is 8.01.